The average Bonchev–Trinajstić information content (AvgIpc) is 2.83. The zero-order valence-corrected chi connectivity index (χ0v) is 19.1. The lowest BCUT2D eigenvalue weighted by atomic mass is 10.0. The number of rotatable bonds is 8. The van der Waals surface area contributed by atoms with Gasteiger partial charge in [0.2, 0.25) is 0 Å². The van der Waals surface area contributed by atoms with Crippen LogP contribution in [-0.2, 0) is 6.42 Å². The number of benzene rings is 3. The van der Waals surface area contributed by atoms with Crippen molar-refractivity contribution in [1.29, 1.82) is 0 Å². The molecule has 0 bridgehead atoms. The molecule has 5 heteroatoms. The highest BCUT2D eigenvalue weighted by Crippen LogP contribution is 2.28. The van der Waals surface area contributed by atoms with Crippen molar-refractivity contribution in [3.8, 4) is 5.75 Å². The molecule has 1 N–H and O–H groups in total. The number of fused-ring (bicyclic) bond motifs is 1. The summed E-state index contributed by atoms with van der Waals surface area (Å²) in [4.78, 5) is 17.8. The van der Waals surface area contributed by atoms with Crippen molar-refractivity contribution >= 4 is 22.4 Å². The third kappa shape index (κ3) is 5.22. The third-order valence-corrected chi connectivity index (χ3v) is 6.15. The second-order valence-electron chi connectivity index (χ2n) is 8.41. The quantitative estimate of drug-likeness (QED) is 0.539. The monoisotopic (exact) mass is 431 g/mol. The minimum atomic E-state index is -0.0735. The van der Waals surface area contributed by atoms with E-state index in [0.29, 0.717) is 24.5 Å². The highest BCUT2D eigenvalue weighted by Gasteiger charge is 2.16. The molecular weight excluding hydrogens is 398 g/mol. The molecule has 0 saturated carbocycles. The number of aryl methyl sites for hydroxylation is 1. The number of amides is 1. The van der Waals surface area contributed by atoms with Gasteiger partial charge >= 0.3 is 0 Å². The second-order valence-corrected chi connectivity index (χ2v) is 8.41. The van der Waals surface area contributed by atoms with Gasteiger partial charge in [-0.3, -0.25) is 4.79 Å². The molecule has 0 aromatic heterocycles. The van der Waals surface area contributed by atoms with Crippen LogP contribution in [-0.4, -0.2) is 57.2 Å². The van der Waals surface area contributed by atoms with Crippen LogP contribution in [0.1, 0.15) is 29.3 Å². The van der Waals surface area contributed by atoms with Crippen LogP contribution < -0.4 is 15.0 Å². The maximum atomic E-state index is 13.0. The summed E-state index contributed by atoms with van der Waals surface area (Å²) in [6.07, 6.45) is 1.84. The van der Waals surface area contributed by atoms with Crippen molar-refractivity contribution in [2.24, 2.45) is 0 Å². The van der Waals surface area contributed by atoms with E-state index in [0.717, 1.165) is 49.8 Å². The van der Waals surface area contributed by atoms with Gasteiger partial charge in [-0.15, -0.1) is 0 Å². The van der Waals surface area contributed by atoms with Crippen molar-refractivity contribution in [3.05, 3.63) is 71.8 Å². The first-order valence-corrected chi connectivity index (χ1v) is 11.6. The number of ether oxygens (including phenoxy) is 1. The molecule has 168 valence electrons. The van der Waals surface area contributed by atoms with Crippen molar-refractivity contribution in [1.82, 2.24) is 10.2 Å². The predicted molar refractivity (Wildman–Crippen MR) is 132 cm³/mol. The third-order valence-electron chi connectivity index (χ3n) is 6.15. The van der Waals surface area contributed by atoms with E-state index in [2.05, 4.69) is 46.4 Å². The molecule has 1 fully saturated rings. The van der Waals surface area contributed by atoms with Crippen LogP contribution in [0.3, 0.4) is 0 Å². The number of carbonyl (C=O) groups is 1. The van der Waals surface area contributed by atoms with E-state index in [1.54, 1.807) is 0 Å². The smallest absolute Gasteiger partial charge is 0.255 e. The van der Waals surface area contributed by atoms with E-state index in [1.807, 2.05) is 43.3 Å². The topological polar surface area (TPSA) is 44.8 Å². The molecule has 0 spiro atoms. The van der Waals surface area contributed by atoms with E-state index >= 15 is 0 Å². The van der Waals surface area contributed by atoms with E-state index in [9.17, 15) is 4.79 Å². The Bertz CT molecular complexity index is 1040. The van der Waals surface area contributed by atoms with Gasteiger partial charge < -0.3 is 19.9 Å². The number of piperazine rings is 1. The summed E-state index contributed by atoms with van der Waals surface area (Å²) in [5, 5.41) is 5.06. The Morgan fingerprint density at radius 2 is 1.72 bits per heavy atom. The Labute approximate surface area is 191 Å². The molecule has 5 nitrogen and oxygen atoms in total. The molecule has 1 aliphatic heterocycles. The van der Waals surface area contributed by atoms with E-state index in [4.69, 9.17) is 4.74 Å². The van der Waals surface area contributed by atoms with Gasteiger partial charge in [-0.2, -0.15) is 0 Å². The first-order chi connectivity index (χ1) is 15.7. The van der Waals surface area contributed by atoms with Gasteiger partial charge in [-0.05, 0) is 61.3 Å². The number of likely N-dealkylation sites (N-methyl/N-ethyl adjacent to an activating group) is 1. The van der Waals surface area contributed by atoms with E-state index in [1.165, 1.54) is 11.3 Å². The first-order valence-electron chi connectivity index (χ1n) is 11.6. The van der Waals surface area contributed by atoms with E-state index < -0.39 is 0 Å². The summed E-state index contributed by atoms with van der Waals surface area (Å²) in [5.74, 6) is 0.568. The molecule has 1 aliphatic rings. The van der Waals surface area contributed by atoms with Gasteiger partial charge in [0.25, 0.3) is 5.91 Å². The molecule has 0 aliphatic carbocycles. The maximum absolute atomic E-state index is 13.0. The molecular formula is C27H33N3O2. The summed E-state index contributed by atoms with van der Waals surface area (Å²) in [6, 6.07) is 20.7. The summed E-state index contributed by atoms with van der Waals surface area (Å²) < 4.78 is 5.74. The fourth-order valence-corrected chi connectivity index (χ4v) is 4.28. The van der Waals surface area contributed by atoms with Crippen molar-refractivity contribution in [2.75, 3.05) is 51.3 Å². The van der Waals surface area contributed by atoms with Crippen LogP contribution in [0, 0.1) is 0 Å². The molecule has 1 amide bonds. The lowest BCUT2D eigenvalue weighted by molar-refractivity contribution is 0.0951. The number of hydrogen-bond donors (Lipinski definition) is 1. The number of carbonyl (C=O) groups excluding carboxylic acids is 1. The molecule has 1 saturated heterocycles. The van der Waals surface area contributed by atoms with Gasteiger partial charge in [0.05, 0.1) is 12.2 Å². The molecule has 1 heterocycles. The molecule has 32 heavy (non-hydrogen) atoms. The standard InChI is InChI=1S/C27H33N3O2/c1-3-32-25-15-12-22-8-4-5-9-24(22)26(25)27(31)28-16-6-7-21-10-13-23(14-11-21)30-19-17-29(2)18-20-30/h4-5,8-15H,3,6-7,16-20H2,1-2H3,(H,28,31). The Hall–Kier alpha value is -3.05. The van der Waals surface area contributed by atoms with Gasteiger partial charge in [0, 0.05) is 38.4 Å². The van der Waals surface area contributed by atoms with Crippen molar-refractivity contribution in [2.45, 2.75) is 19.8 Å². The molecule has 0 atom stereocenters. The zero-order valence-electron chi connectivity index (χ0n) is 19.1. The summed E-state index contributed by atoms with van der Waals surface area (Å²) in [6.45, 7) is 7.49. The molecule has 0 unspecified atom stereocenters. The minimum absolute atomic E-state index is 0.0735. The second kappa shape index (κ2) is 10.5. The number of nitrogens with one attached hydrogen (secondary N) is 1. The first kappa shape index (κ1) is 22.2. The van der Waals surface area contributed by atoms with Crippen molar-refractivity contribution < 1.29 is 9.53 Å². The van der Waals surface area contributed by atoms with E-state index in [-0.39, 0.29) is 5.91 Å². The molecule has 3 aromatic carbocycles. The Balaban J connectivity index is 1.32. The molecule has 0 radical (unpaired) electrons. The fourth-order valence-electron chi connectivity index (χ4n) is 4.28. The summed E-state index contributed by atoms with van der Waals surface area (Å²) >= 11 is 0. The number of anilines is 1. The van der Waals surface area contributed by atoms with Gasteiger partial charge in [0.15, 0.2) is 0 Å². The minimum Gasteiger partial charge on any atom is -0.493 e. The maximum Gasteiger partial charge on any atom is 0.255 e. The highest BCUT2D eigenvalue weighted by molar-refractivity contribution is 6.09. The van der Waals surface area contributed by atoms with Crippen LogP contribution in [0.5, 0.6) is 5.75 Å². The summed E-state index contributed by atoms with van der Waals surface area (Å²) in [7, 11) is 2.18. The van der Waals surface area contributed by atoms with Crippen LogP contribution in [0.2, 0.25) is 0 Å². The summed E-state index contributed by atoms with van der Waals surface area (Å²) in [5.41, 5.74) is 3.23. The lowest BCUT2D eigenvalue weighted by Gasteiger charge is -2.34. The molecule has 3 aromatic rings. The number of nitrogens with zero attached hydrogens (tertiary/aromatic N) is 2. The van der Waals surface area contributed by atoms with Crippen LogP contribution >= 0.6 is 0 Å². The lowest BCUT2D eigenvalue weighted by Crippen LogP contribution is -2.44. The zero-order chi connectivity index (χ0) is 22.3. The van der Waals surface area contributed by atoms with Crippen LogP contribution in [0.25, 0.3) is 10.8 Å². The molecule has 4 rings (SSSR count). The van der Waals surface area contributed by atoms with Gasteiger partial charge in [-0.1, -0.05) is 42.5 Å². The fraction of sp³-hybridized carbons (Fsp3) is 0.370. The van der Waals surface area contributed by atoms with Crippen LogP contribution in [0.15, 0.2) is 60.7 Å². The average molecular weight is 432 g/mol. The normalized spacial score (nSPS) is 14.5. The SMILES string of the molecule is CCOc1ccc2ccccc2c1C(=O)NCCCc1ccc(N2CCN(C)CC2)cc1. The highest BCUT2D eigenvalue weighted by atomic mass is 16.5. The van der Waals surface area contributed by atoms with Gasteiger partial charge in [0.1, 0.15) is 5.75 Å². The Morgan fingerprint density at radius 1 is 0.969 bits per heavy atom. The van der Waals surface area contributed by atoms with Gasteiger partial charge in [-0.25, -0.2) is 0 Å². The Kier molecular flexibility index (Phi) is 7.28. The largest absolute Gasteiger partial charge is 0.493 e. The predicted octanol–water partition coefficient (Wildman–Crippen LogP) is 4.35. The number of hydrogen-bond acceptors (Lipinski definition) is 4. The Morgan fingerprint density at radius 3 is 2.47 bits per heavy atom. The van der Waals surface area contributed by atoms with Crippen LogP contribution in [0.4, 0.5) is 5.69 Å². The van der Waals surface area contributed by atoms with Crippen molar-refractivity contribution in [3.63, 3.8) is 0 Å².